The van der Waals surface area contributed by atoms with Crippen molar-refractivity contribution in [2.75, 3.05) is 44.2 Å². The summed E-state index contributed by atoms with van der Waals surface area (Å²) in [7, 11) is 0. The Bertz CT molecular complexity index is 1080. The van der Waals surface area contributed by atoms with Crippen LogP contribution in [0.2, 0.25) is 5.02 Å². The summed E-state index contributed by atoms with van der Waals surface area (Å²) in [6.07, 6.45) is -4.47. The normalized spacial score (nSPS) is 15.4. The zero-order chi connectivity index (χ0) is 22.0. The van der Waals surface area contributed by atoms with E-state index in [1.165, 1.54) is 12.1 Å². The fraction of sp³-hybridized carbons (Fsp3) is 0.333. The van der Waals surface area contributed by atoms with Gasteiger partial charge in [0.25, 0.3) is 5.91 Å². The quantitative estimate of drug-likeness (QED) is 0.598. The van der Waals surface area contributed by atoms with Crippen LogP contribution >= 0.6 is 22.9 Å². The van der Waals surface area contributed by atoms with Gasteiger partial charge >= 0.3 is 6.18 Å². The van der Waals surface area contributed by atoms with Gasteiger partial charge in [0.1, 0.15) is 5.52 Å². The van der Waals surface area contributed by atoms with Crippen molar-refractivity contribution >= 4 is 44.2 Å². The van der Waals surface area contributed by atoms with Crippen molar-refractivity contribution in [2.45, 2.75) is 6.18 Å². The first-order chi connectivity index (χ1) is 14.8. The predicted molar refractivity (Wildman–Crippen MR) is 117 cm³/mol. The topological polar surface area (TPSA) is 48.5 Å². The number of fused-ring (bicyclic) bond motifs is 1. The highest BCUT2D eigenvalue weighted by Crippen LogP contribution is 2.33. The molecule has 2 aromatic carbocycles. The van der Waals surface area contributed by atoms with Crippen LogP contribution in [0.25, 0.3) is 10.2 Å². The standard InChI is InChI=1S/C21H20ClF3N4OS/c22-16-5-2-6-17-18(16)27-20(31-17)29-11-9-28(10-12-29)8-7-26-19(30)14-3-1-4-15(13-14)21(23,24)25/h1-6,13H,7-12H2,(H,26,30). The van der Waals surface area contributed by atoms with Gasteiger partial charge < -0.3 is 10.2 Å². The van der Waals surface area contributed by atoms with Crippen LogP contribution in [0.4, 0.5) is 18.3 Å². The molecule has 5 nitrogen and oxygen atoms in total. The summed E-state index contributed by atoms with van der Waals surface area (Å²) in [4.78, 5) is 21.3. The summed E-state index contributed by atoms with van der Waals surface area (Å²) < 4.78 is 39.5. The molecule has 31 heavy (non-hydrogen) atoms. The number of alkyl halides is 3. The lowest BCUT2D eigenvalue weighted by Crippen LogP contribution is -2.48. The van der Waals surface area contributed by atoms with E-state index in [2.05, 4.69) is 20.1 Å². The van der Waals surface area contributed by atoms with Gasteiger partial charge in [0, 0.05) is 44.8 Å². The van der Waals surface area contributed by atoms with Crippen molar-refractivity contribution in [3.8, 4) is 0 Å². The number of hydrogen-bond donors (Lipinski definition) is 1. The number of piperazine rings is 1. The van der Waals surface area contributed by atoms with E-state index in [-0.39, 0.29) is 5.56 Å². The van der Waals surface area contributed by atoms with Crippen molar-refractivity contribution in [2.24, 2.45) is 0 Å². The number of aromatic nitrogens is 1. The maximum absolute atomic E-state index is 12.8. The molecule has 1 aliphatic rings. The molecule has 0 radical (unpaired) electrons. The number of anilines is 1. The molecular formula is C21H20ClF3N4OS. The highest BCUT2D eigenvalue weighted by atomic mass is 35.5. The molecule has 3 aromatic rings. The maximum Gasteiger partial charge on any atom is 0.416 e. The van der Waals surface area contributed by atoms with Gasteiger partial charge in [-0.2, -0.15) is 13.2 Å². The Balaban J connectivity index is 1.26. The summed E-state index contributed by atoms with van der Waals surface area (Å²) in [5, 5.41) is 4.30. The third-order valence-electron chi connectivity index (χ3n) is 5.17. The predicted octanol–water partition coefficient (Wildman–Crippen LogP) is 4.52. The van der Waals surface area contributed by atoms with Gasteiger partial charge in [0.2, 0.25) is 0 Å². The monoisotopic (exact) mass is 468 g/mol. The highest BCUT2D eigenvalue weighted by molar-refractivity contribution is 7.22. The van der Waals surface area contributed by atoms with Crippen LogP contribution in [0.3, 0.4) is 0 Å². The Morgan fingerprint density at radius 3 is 2.58 bits per heavy atom. The third-order valence-corrected chi connectivity index (χ3v) is 6.55. The number of para-hydroxylation sites is 1. The van der Waals surface area contributed by atoms with Gasteiger partial charge in [-0.3, -0.25) is 9.69 Å². The van der Waals surface area contributed by atoms with Crippen LogP contribution in [0.1, 0.15) is 15.9 Å². The van der Waals surface area contributed by atoms with Crippen LogP contribution in [0.15, 0.2) is 42.5 Å². The van der Waals surface area contributed by atoms with Crippen molar-refractivity contribution in [1.82, 2.24) is 15.2 Å². The minimum absolute atomic E-state index is 0.00846. The number of carbonyl (C=O) groups excluding carboxylic acids is 1. The molecule has 1 amide bonds. The summed E-state index contributed by atoms with van der Waals surface area (Å²) in [6, 6.07) is 10.2. The molecule has 1 saturated heterocycles. The molecule has 0 atom stereocenters. The van der Waals surface area contributed by atoms with Gasteiger partial charge in [0.05, 0.1) is 15.3 Å². The Morgan fingerprint density at radius 2 is 1.87 bits per heavy atom. The zero-order valence-electron chi connectivity index (χ0n) is 16.5. The van der Waals surface area contributed by atoms with Gasteiger partial charge in [-0.15, -0.1) is 0 Å². The zero-order valence-corrected chi connectivity index (χ0v) is 18.0. The molecule has 0 aliphatic carbocycles. The van der Waals surface area contributed by atoms with Gasteiger partial charge in [-0.05, 0) is 30.3 Å². The van der Waals surface area contributed by atoms with E-state index in [1.54, 1.807) is 11.3 Å². The number of amides is 1. The molecule has 1 fully saturated rings. The highest BCUT2D eigenvalue weighted by Gasteiger charge is 2.31. The smallest absolute Gasteiger partial charge is 0.351 e. The fourth-order valence-electron chi connectivity index (χ4n) is 3.47. The first-order valence-corrected chi connectivity index (χ1v) is 11.0. The molecule has 0 bridgehead atoms. The van der Waals surface area contributed by atoms with E-state index in [4.69, 9.17) is 11.6 Å². The molecular weight excluding hydrogens is 449 g/mol. The Kier molecular flexibility index (Phi) is 6.36. The van der Waals surface area contributed by atoms with Crippen molar-refractivity contribution in [3.05, 3.63) is 58.6 Å². The third kappa shape index (κ3) is 5.11. The van der Waals surface area contributed by atoms with Crippen LogP contribution < -0.4 is 10.2 Å². The minimum Gasteiger partial charge on any atom is -0.351 e. The number of nitrogens with one attached hydrogen (secondary N) is 1. The lowest BCUT2D eigenvalue weighted by atomic mass is 10.1. The molecule has 164 valence electrons. The Morgan fingerprint density at radius 1 is 1.13 bits per heavy atom. The number of hydrogen-bond acceptors (Lipinski definition) is 5. The number of carbonyl (C=O) groups is 1. The molecule has 1 aliphatic heterocycles. The second kappa shape index (κ2) is 9.02. The van der Waals surface area contributed by atoms with Crippen molar-refractivity contribution < 1.29 is 18.0 Å². The summed E-state index contributed by atoms with van der Waals surface area (Å²) in [5.74, 6) is -0.504. The van der Waals surface area contributed by atoms with E-state index < -0.39 is 17.6 Å². The van der Waals surface area contributed by atoms with Crippen LogP contribution in [0, 0.1) is 0 Å². The molecule has 1 aromatic heterocycles. The van der Waals surface area contributed by atoms with Gasteiger partial charge in [-0.25, -0.2) is 4.98 Å². The first-order valence-electron chi connectivity index (χ1n) is 9.79. The molecule has 0 saturated carbocycles. The number of halogens is 4. The maximum atomic E-state index is 12.8. The van der Waals surface area contributed by atoms with E-state index in [0.717, 1.165) is 53.7 Å². The number of thiazole rings is 1. The Hall–Kier alpha value is -2.36. The number of nitrogens with zero attached hydrogens (tertiary/aromatic N) is 3. The average molecular weight is 469 g/mol. The summed E-state index contributed by atoms with van der Waals surface area (Å²) in [6.45, 7) is 4.22. The number of rotatable bonds is 5. The lowest BCUT2D eigenvalue weighted by Gasteiger charge is -2.34. The average Bonchev–Trinajstić information content (AvgIpc) is 3.19. The lowest BCUT2D eigenvalue weighted by molar-refractivity contribution is -0.137. The van der Waals surface area contributed by atoms with Gasteiger partial charge in [0.15, 0.2) is 5.13 Å². The van der Waals surface area contributed by atoms with Crippen LogP contribution in [-0.4, -0.2) is 55.1 Å². The van der Waals surface area contributed by atoms with E-state index in [0.29, 0.717) is 18.1 Å². The van der Waals surface area contributed by atoms with Crippen molar-refractivity contribution in [3.63, 3.8) is 0 Å². The second-order valence-corrected chi connectivity index (χ2v) is 8.66. The molecule has 4 rings (SSSR count). The van der Waals surface area contributed by atoms with E-state index in [1.807, 2.05) is 18.2 Å². The molecule has 10 heteroatoms. The second-order valence-electron chi connectivity index (χ2n) is 7.25. The van der Waals surface area contributed by atoms with E-state index >= 15 is 0 Å². The molecule has 2 heterocycles. The summed E-state index contributed by atoms with van der Waals surface area (Å²) >= 11 is 7.83. The van der Waals surface area contributed by atoms with Crippen LogP contribution in [0.5, 0.6) is 0 Å². The minimum atomic E-state index is -4.47. The van der Waals surface area contributed by atoms with E-state index in [9.17, 15) is 18.0 Å². The molecule has 1 N–H and O–H groups in total. The SMILES string of the molecule is O=C(NCCN1CCN(c2nc3c(Cl)cccc3s2)CC1)c1cccc(C(F)(F)F)c1. The first kappa shape index (κ1) is 21.9. The Labute approximate surface area is 186 Å². The van der Waals surface area contributed by atoms with Gasteiger partial charge in [-0.1, -0.05) is 35.1 Å². The van der Waals surface area contributed by atoms with Crippen molar-refractivity contribution in [1.29, 1.82) is 0 Å². The number of benzene rings is 2. The largest absolute Gasteiger partial charge is 0.416 e. The summed E-state index contributed by atoms with van der Waals surface area (Å²) in [5.41, 5.74) is 0.00505. The molecule has 0 unspecified atom stereocenters. The molecule has 0 spiro atoms. The van der Waals surface area contributed by atoms with Crippen LogP contribution in [-0.2, 0) is 6.18 Å². The fourth-order valence-corrected chi connectivity index (χ4v) is 4.78.